The van der Waals surface area contributed by atoms with Crippen LogP contribution in [0.25, 0.3) is 0 Å². The molecule has 1 N–H and O–H groups in total. The molecular formula is C27H33F2N5O4. The number of hydrogen-bond donors (Lipinski definition) is 1. The second-order valence-electron chi connectivity index (χ2n) is 9.50. The first-order chi connectivity index (χ1) is 18.3. The first-order valence-electron chi connectivity index (χ1n) is 12.7. The maximum atomic E-state index is 13.4. The fraction of sp³-hybridized carbons (Fsp3) is 0.444. The largest absolute Gasteiger partial charge is 0.375 e. The van der Waals surface area contributed by atoms with Crippen LogP contribution < -0.4 is 5.32 Å². The minimum atomic E-state index is -0.688. The third-order valence-electron chi connectivity index (χ3n) is 6.73. The highest BCUT2D eigenvalue weighted by atomic mass is 19.1. The zero-order valence-electron chi connectivity index (χ0n) is 21.6. The van der Waals surface area contributed by atoms with E-state index in [0.29, 0.717) is 18.4 Å². The molecule has 0 aliphatic carbocycles. The summed E-state index contributed by atoms with van der Waals surface area (Å²) in [6, 6.07) is 10.8. The Hall–Kier alpha value is -3.57. The lowest BCUT2D eigenvalue weighted by molar-refractivity contribution is -0.188. The molecule has 38 heavy (non-hydrogen) atoms. The number of hydrazine groups is 1. The van der Waals surface area contributed by atoms with Crippen LogP contribution in [0, 0.1) is 11.6 Å². The van der Waals surface area contributed by atoms with Crippen molar-refractivity contribution in [2.75, 3.05) is 33.3 Å². The Balaban J connectivity index is 1.46. The number of nitrogens with zero attached hydrogens (tertiary/aromatic N) is 4. The van der Waals surface area contributed by atoms with Gasteiger partial charge in [-0.2, -0.15) is 0 Å². The van der Waals surface area contributed by atoms with Gasteiger partial charge in [0, 0.05) is 20.1 Å². The molecule has 204 valence electrons. The van der Waals surface area contributed by atoms with Gasteiger partial charge in [0.25, 0.3) is 0 Å². The van der Waals surface area contributed by atoms with E-state index in [9.17, 15) is 23.2 Å². The number of fused-ring (bicyclic) bond motifs is 1. The molecule has 0 unspecified atom stereocenters. The number of benzene rings is 2. The van der Waals surface area contributed by atoms with Gasteiger partial charge in [-0.05, 0) is 41.8 Å². The molecule has 4 amide bonds. The molecule has 11 heteroatoms. The second-order valence-corrected chi connectivity index (χ2v) is 9.50. The predicted octanol–water partition coefficient (Wildman–Crippen LogP) is 2.72. The van der Waals surface area contributed by atoms with E-state index in [1.807, 2.05) is 6.92 Å². The van der Waals surface area contributed by atoms with Gasteiger partial charge in [0.2, 0.25) is 11.8 Å². The van der Waals surface area contributed by atoms with Crippen LogP contribution in [0.3, 0.4) is 0 Å². The smallest absolute Gasteiger partial charge is 0.334 e. The van der Waals surface area contributed by atoms with E-state index in [2.05, 4.69) is 5.32 Å². The number of nitrogens with one attached hydrogen (secondary N) is 1. The van der Waals surface area contributed by atoms with Crippen molar-refractivity contribution < 1.29 is 27.9 Å². The Bertz CT molecular complexity index is 1150. The Morgan fingerprint density at radius 3 is 2.55 bits per heavy atom. The molecule has 2 heterocycles. The van der Waals surface area contributed by atoms with Crippen molar-refractivity contribution in [3.63, 3.8) is 0 Å². The van der Waals surface area contributed by atoms with Crippen molar-refractivity contribution in [3.05, 3.63) is 71.3 Å². The van der Waals surface area contributed by atoms with Gasteiger partial charge in [0.05, 0.1) is 26.3 Å². The third-order valence-corrected chi connectivity index (χ3v) is 6.73. The SMILES string of the molecule is CCC[C@H]1C(=O)N(CCOCc2cccc(F)c2)C[C@H]2N1C(=O)CN(C)N2C(=O)NCc1ccc(F)cc1. The van der Waals surface area contributed by atoms with E-state index in [1.165, 1.54) is 34.2 Å². The number of urea groups is 1. The molecule has 0 saturated carbocycles. The third kappa shape index (κ3) is 6.28. The van der Waals surface area contributed by atoms with Gasteiger partial charge in [-0.15, -0.1) is 0 Å². The van der Waals surface area contributed by atoms with Gasteiger partial charge in [-0.1, -0.05) is 37.6 Å². The summed E-state index contributed by atoms with van der Waals surface area (Å²) in [5.74, 6) is -1.10. The molecule has 2 aliphatic heterocycles. The molecule has 2 aromatic carbocycles. The summed E-state index contributed by atoms with van der Waals surface area (Å²) in [5.41, 5.74) is 1.42. The van der Waals surface area contributed by atoms with Gasteiger partial charge in [-0.3, -0.25) is 9.59 Å². The molecule has 2 fully saturated rings. The average molecular weight is 530 g/mol. The van der Waals surface area contributed by atoms with E-state index in [0.717, 1.165) is 5.56 Å². The van der Waals surface area contributed by atoms with Gasteiger partial charge in [0.15, 0.2) is 0 Å². The van der Waals surface area contributed by atoms with Crippen LogP contribution in [0.4, 0.5) is 13.6 Å². The molecule has 2 aromatic rings. The van der Waals surface area contributed by atoms with Crippen molar-refractivity contribution >= 4 is 17.8 Å². The minimum absolute atomic E-state index is 0.0370. The molecule has 2 aliphatic rings. The zero-order chi connectivity index (χ0) is 27.2. The molecule has 0 radical (unpaired) electrons. The quantitative estimate of drug-likeness (QED) is 0.505. The zero-order valence-corrected chi connectivity index (χ0v) is 21.6. The lowest BCUT2D eigenvalue weighted by Crippen LogP contribution is -2.76. The van der Waals surface area contributed by atoms with Crippen LogP contribution in [-0.2, 0) is 27.5 Å². The van der Waals surface area contributed by atoms with E-state index in [-0.39, 0.29) is 62.8 Å². The molecule has 0 aromatic heterocycles. The summed E-state index contributed by atoms with van der Waals surface area (Å²) in [6.07, 6.45) is 0.465. The van der Waals surface area contributed by atoms with Gasteiger partial charge >= 0.3 is 6.03 Å². The van der Waals surface area contributed by atoms with Crippen LogP contribution in [0.2, 0.25) is 0 Å². The van der Waals surface area contributed by atoms with Crippen molar-refractivity contribution in [1.29, 1.82) is 0 Å². The van der Waals surface area contributed by atoms with Gasteiger partial charge in [-0.25, -0.2) is 23.6 Å². The van der Waals surface area contributed by atoms with Crippen molar-refractivity contribution in [1.82, 2.24) is 25.1 Å². The summed E-state index contributed by atoms with van der Waals surface area (Å²) >= 11 is 0. The number of carbonyl (C=O) groups is 3. The summed E-state index contributed by atoms with van der Waals surface area (Å²) in [4.78, 5) is 42.9. The number of rotatable bonds is 9. The normalized spacial score (nSPS) is 20.1. The molecule has 9 nitrogen and oxygen atoms in total. The van der Waals surface area contributed by atoms with Crippen LogP contribution in [0.1, 0.15) is 30.9 Å². The number of hydrogen-bond acceptors (Lipinski definition) is 5. The maximum absolute atomic E-state index is 13.4. The average Bonchev–Trinajstić information content (AvgIpc) is 2.88. The maximum Gasteiger partial charge on any atom is 0.334 e. The Kier molecular flexibility index (Phi) is 8.90. The highest BCUT2D eigenvalue weighted by Gasteiger charge is 2.50. The molecule has 2 saturated heterocycles. The number of carbonyl (C=O) groups excluding carboxylic acids is 3. The number of amides is 4. The Morgan fingerprint density at radius 1 is 1.08 bits per heavy atom. The Morgan fingerprint density at radius 2 is 1.84 bits per heavy atom. The number of piperazine rings is 1. The topological polar surface area (TPSA) is 85.4 Å². The van der Waals surface area contributed by atoms with Crippen LogP contribution in [-0.4, -0.2) is 83.2 Å². The molecule has 2 atom stereocenters. The summed E-state index contributed by atoms with van der Waals surface area (Å²) in [5, 5.41) is 5.87. The number of halogens is 2. The molecule has 0 bridgehead atoms. The van der Waals surface area contributed by atoms with Crippen molar-refractivity contribution in [2.45, 2.75) is 45.1 Å². The van der Waals surface area contributed by atoms with E-state index >= 15 is 0 Å². The highest BCUT2D eigenvalue weighted by molar-refractivity contribution is 5.91. The Labute approximate surface area is 220 Å². The highest BCUT2D eigenvalue weighted by Crippen LogP contribution is 2.27. The summed E-state index contributed by atoms with van der Waals surface area (Å²) < 4.78 is 32.4. The number of ether oxygens (including phenoxy) is 1. The van der Waals surface area contributed by atoms with E-state index < -0.39 is 18.2 Å². The standard InChI is InChI=1S/C27H33F2N5O4/c1-3-5-23-26(36)32(12-13-38-18-20-6-4-7-22(29)14-20)16-24-33(23)25(35)17-31(2)34(24)27(37)30-15-19-8-10-21(28)11-9-19/h4,6-11,14,23-24H,3,5,12-13,15-18H2,1-2H3,(H,30,37)/t23-,24-/m0/s1. The fourth-order valence-corrected chi connectivity index (χ4v) is 4.91. The molecular weight excluding hydrogens is 496 g/mol. The number of likely N-dealkylation sites (N-methyl/N-ethyl adjacent to an activating group) is 1. The second kappa shape index (κ2) is 12.3. The first kappa shape index (κ1) is 27.5. The predicted molar refractivity (Wildman–Crippen MR) is 135 cm³/mol. The minimum Gasteiger partial charge on any atom is -0.375 e. The summed E-state index contributed by atoms with van der Waals surface area (Å²) in [6.45, 7) is 2.89. The van der Waals surface area contributed by atoms with E-state index in [1.54, 1.807) is 41.2 Å². The van der Waals surface area contributed by atoms with Crippen LogP contribution in [0.15, 0.2) is 48.5 Å². The van der Waals surface area contributed by atoms with Crippen molar-refractivity contribution in [2.24, 2.45) is 0 Å². The van der Waals surface area contributed by atoms with Gasteiger partial charge < -0.3 is 19.9 Å². The summed E-state index contributed by atoms with van der Waals surface area (Å²) in [7, 11) is 1.66. The lowest BCUT2D eigenvalue weighted by atomic mass is 10.0. The lowest BCUT2D eigenvalue weighted by Gasteiger charge is -2.54. The first-order valence-corrected chi connectivity index (χ1v) is 12.7. The monoisotopic (exact) mass is 529 g/mol. The van der Waals surface area contributed by atoms with Crippen molar-refractivity contribution in [3.8, 4) is 0 Å². The molecule has 0 spiro atoms. The molecule has 4 rings (SSSR count). The van der Waals surface area contributed by atoms with Gasteiger partial charge in [0.1, 0.15) is 23.8 Å². The van der Waals surface area contributed by atoms with Crippen LogP contribution >= 0.6 is 0 Å². The fourth-order valence-electron chi connectivity index (χ4n) is 4.91. The van der Waals surface area contributed by atoms with Crippen LogP contribution in [0.5, 0.6) is 0 Å². The van der Waals surface area contributed by atoms with E-state index in [4.69, 9.17) is 4.74 Å².